The molecule has 0 saturated carbocycles. The van der Waals surface area contributed by atoms with E-state index in [1.807, 2.05) is 19.0 Å². The lowest BCUT2D eigenvalue weighted by Gasteiger charge is -2.24. The molecule has 2 heterocycles. The number of Topliss-reactive ketones (excluding diaryl/α,β-unsaturated/α-hetero) is 1. The average Bonchev–Trinajstić information content (AvgIpc) is 3.18. The summed E-state index contributed by atoms with van der Waals surface area (Å²) in [6.07, 6.45) is 0.660. The topological polar surface area (TPSA) is 74.0 Å². The molecule has 1 fully saturated rings. The molecule has 1 aliphatic rings. The van der Waals surface area contributed by atoms with Gasteiger partial charge in [0.05, 0.1) is 5.57 Å². The average molecular weight is 386 g/mol. The Morgan fingerprint density at radius 3 is 2.43 bits per heavy atom. The van der Waals surface area contributed by atoms with E-state index in [1.165, 1.54) is 29.2 Å². The van der Waals surface area contributed by atoms with Crippen molar-refractivity contribution in [1.29, 1.82) is 0 Å². The number of rotatable bonds is 6. The van der Waals surface area contributed by atoms with Crippen molar-refractivity contribution in [3.8, 4) is 0 Å². The molecule has 1 atom stereocenters. The molecule has 1 saturated heterocycles. The number of likely N-dealkylation sites (tertiary alicyclic amines) is 1. The number of halogens is 1. The van der Waals surface area contributed by atoms with Crippen molar-refractivity contribution in [2.24, 2.45) is 0 Å². The second kappa shape index (κ2) is 7.98. The number of aliphatic hydroxyl groups is 1. The highest BCUT2D eigenvalue weighted by Crippen LogP contribution is 2.40. The normalized spacial score (nSPS) is 19.0. The van der Waals surface area contributed by atoms with Gasteiger partial charge in [0.15, 0.2) is 0 Å². The maximum atomic E-state index is 13.2. The maximum absolute atomic E-state index is 13.2. The second-order valence-electron chi connectivity index (χ2n) is 7.10. The number of hydrogen-bond donors (Lipinski definition) is 1. The van der Waals surface area contributed by atoms with Crippen LogP contribution in [0.4, 0.5) is 4.39 Å². The molecule has 28 heavy (non-hydrogen) atoms. The number of ketones is 1. The molecule has 0 spiro atoms. The quantitative estimate of drug-likeness (QED) is 0.469. The molecule has 6 nitrogen and oxygen atoms in total. The molecule has 0 unspecified atom stereocenters. The number of carbonyl (C=O) groups is 2. The molecule has 1 aromatic heterocycles. The number of amides is 1. The summed E-state index contributed by atoms with van der Waals surface area (Å²) in [5, 5.41) is 10.8. The van der Waals surface area contributed by atoms with Gasteiger partial charge in [-0.15, -0.1) is 0 Å². The smallest absolute Gasteiger partial charge is 0.295 e. The van der Waals surface area contributed by atoms with E-state index in [4.69, 9.17) is 4.42 Å². The number of carbonyl (C=O) groups excluding carboxylic acids is 2. The van der Waals surface area contributed by atoms with E-state index < -0.39 is 23.5 Å². The highest BCUT2D eigenvalue weighted by molar-refractivity contribution is 6.46. The third kappa shape index (κ3) is 3.84. The summed E-state index contributed by atoms with van der Waals surface area (Å²) in [6.45, 7) is 2.85. The van der Waals surface area contributed by atoms with Gasteiger partial charge in [-0.2, -0.15) is 0 Å². The SMILES string of the molecule is Cc1ccc([C@@H]2/C(=C(\O)c3ccc(F)cc3)C(=O)C(=O)N2CCCN(C)C)o1. The first-order valence-corrected chi connectivity index (χ1v) is 9.05. The Morgan fingerprint density at radius 2 is 1.86 bits per heavy atom. The van der Waals surface area contributed by atoms with Crippen LogP contribution in [0.25, 0.3) is 5.76 Å². The van der Waals surface area contributed by atoms with Gasteiger partial charge in [-0.25, -0.2) is 4.39 Å². The Hall–Kier alpha value is -2.93. The summed E-state index contributed by atoms with van der Waals surface area (Å²) in [7, 11) is 3.85. The molecular weight excluding hydrogens is 363 g/mol. The van der Waals surface area contributed by atoms with Gasteiger partial charge < -0.3 is 19.3 Å². The van der Waals surface area contributed by atoms with Crippen LogP contribution in [0.15, 0.2) is 46.4 Å². The fourth-order valence-corrected chi connectivity index (χ4v) is 3.33. The van der Waals surface area contributed by atoms with Gasteiger partial charge in [-0.1, -0.05) is 0 Å². The minimum absolute atomic E-state index is 0.0455. The first-order chi connectivity index (χ1) is 13.3. The predicted octanol–water partition coefficient (Wildman–Crippen LogP) is 3.10. The molecule has 1 N–H and O–H groups in total. The summed E-state index contributed by atoms with van der Waals surface area (Å²) < 4.78 is 18.9. The van der Waals surface area contributed by atoms with Crippen molar-refractivity contribution < 1.29 is 23.5 Å². The fraction of sp³-hybridized carbons (Fsp3) is 0.333. The Balaban J connectivity index is 2.05. The van der Waals surface area contributed by atoms with Gasteiger partial charge in [-0.3, -0.25) is 9.59 Å². The number of aliphatic hydroxyl groups excluding tert-OH is 1. The van der Waals surface area contributed by atoms with E-state index in [0.29, 0.717) is 24.5 Å². The lowest BCUT2D eigenvalue weighted by molar-refractivity contribution is -0.140. The summed E-state index contributed by atoms with van der Waals surface area (Å²) in [4.78, 5) is 28.9. The number of benzene rings is 1. The van der Waals surface area contributed by atoms with E-state index >= 15 is 0 Å². The van der Waals surface area contributed by atoms with Gasteiger partial charge in [0.2, 0.25) is 0 Å². The van der Waals surface area contributed by atoms with Gasteiger partial charge in [0.25, 0.3) is 11.7 Å². The van der Waals surface area contributed by atoms with Crippen molar-refractivity contribution in [1.82, 2.24) is 9.80 Å². The molecule has 1 aromatic carbocycles. The van der Waals surface area contributed by atoms with Gasteiger partial charge >= 0.3 is 0 Å². The molecule has 7 heteroatoms. The highest BCUT2D eigenvalue weighted by atomic mass is 19.1. The number of furan rings is 1. The largest absolute Gasteiger partial charge is 0.507 e. The van der Waals surface area contributed by atoms with Crippen molar-refractivity contribution >= 4 is 17.4 Å². The van der Waals surface area contributed by atoms with Crippen LogP contribution in [0, 0.1) is 12.7 Å². The van der Waals surface area contributed by atoms with Crippen LogP contribution < -0.4 is 0 Å². The Labute approximate surface area is 162 Å². The number of hydrogen-bond acceptors (Lipinski definition) is 5. The van der Waals surface area contributed by atoms with E-state index in [2.05, 4.69) is 0 Å². The van der Waals surface area contributed by atoms with Crippen LogP contribution in [0.3, 0.4) is 0 Å². The molecule has 1 aliphatic heterocycles. The fourth-order valence-electron chi connectivity index (χ4n) is 3.33. The second-order valence-corrected chi connectivity index (χ2v) is 7.10. The molecule has 0 bridgehead atoms. The minimum Gasteiger partial charge on any atom is -0.507 e. The van der Waals surface area contributed by atoms with Crippen LogP contribution in [0.5, 0.6) is 0 Å². The third-order valence-electron chi connectivity index (χ3n) is 4.69. The van der Waals surface area contributed by atoms with E-state index in [9.17, 15) is 19.1 Å². The van der Waals surface area contributed by atoms with Gasteiger partial charge in [-0.05, 0) is 70.4 Å². The van der Waals surface area contributed by atoms with Gasteiger partial charge in [0.1, 0.15) is 29.1 Å². The van der Waals surface area contributed by atoms with Crippen molar-refractivity contribution in [2.45, 2.75) is 19.4 Å². The lowest BCUT2D eigenvalue weighted by Crippen LogP contribution is -2.32. The molecule has 2 aromatic rings. The van der Waals surface area contributed by atoms with Crippen molar-refractivity contribution in [3.63, 3.8) is 0 Å². The zero-order valence-corrected chi connectivity index (χ0v) is 16.1. The monoisotopic (exact) mass is 386 g/mol. The third-order valence-corrected chi connectivity index (χ3v) is 4.69. The van der Waals surface area contributed by atoms with Crippen LogP contribution >= 0.6 is 0 Å². The first kappa shape index (κ1) is 19.8. The van der Waals surface area contributed by atoms with Crippen molar-refractivity contribution in [3.05, 3.63) is 64.9 Å². The molecule has 1 amide bonds. The minimum atomic E-state index is -0.819. The lowest BCUT2D eigenvalue weighted by atomic mass is 9.99. The van der Waals surface area contributed by atoms with E-state index in [-0.39, 0.29) is 16.9 Å². The summed E-state index contributed by atoms with van der Waals surface area (Å²) in [5.74, 6) is -1.21. The highest BCUT2D eigenvalue weighted by Gasteiger charge is 2.47. The van der Waals surface area contributed by atoms with Gasteiger partial charge in [0, 0.05) is 12.1 Å². The molecule has 148 valence electrons. The zero-order valence-electron chi connectivity index (χ0n) is 16.1. The number of nitrogens with zero attached hydrogens (tertiary/aromatic N) is 2. The molecule has 0 aliphatic carbocycles. The van der Waals surface area contributed by atoms with E-state index in [1.54, 1.807) is 19.1 Å². The zero-order chi connectivity index (χ0) is 20.4. The van der Waals surface area contributed by atoms with Crippen LogP contribution in [-0.4, -0.2) is 53.8 Å². The molecule has 0 radical (unpaired) electrons. The van der Waals surface area contributed by atoms with Crippen LogP contribution in [0.2, 0.25) is 0 Å². The molecular formula is C21H23FN2O4. The van der Waals surface area contributed by atoms with Crippen molar-refractivity contribution in [2.75, 3.05) is 27.2 Å². The molecule has 3 rings (SSSR count). The van der Waals surface area contributed by atoms with E-state index in [0.717, 1.165) is 6.54 Å². The standard InChI is InChI=1S/C21H23FN2O4/c1-13-5-10-16(28-13)18-17(19(25)14-6-8-15(22)9-7-14)20(26)21(27)24(18)12-4-11-23(2)3/h5-10,18,25H,4,11-12H2,1-3H3/b19-17+/t18-/m1/s1. The number of aryl methyl sites for hydroxylation is 1. The van der Waals surface area contributed by atoms with Crippen LogP contribution in [-0.2, 0) is 9.59 Å². The summed E-state index contributed by atoms with van der Waals surface area (Å²) in [6, 6.07) is 7.74. The summed E-state index contributed by atoms with van der Waals surface area (Å²) in [5.41, 5.74) is 0.219. The Morgan fingerprint density at radius 1 is 1.18 bits per heavy atom. The Kier molecular flexibility index (Phi) is 5.65. The predicted molar refractivity (Wildman–Crippen MR) is 102 cm³/mol. The maximum Gasteiger partial charge on any atom is 0.295 e. The first-order valence-electron chi connectivity index (χ1n) is 9.05. The van der Waals surface area contributed by atoms with Crippen LogP contribution in [0.1, 0.15) is 29.5 Å². The summed E-state index contributed by atoms with van der Waals surface area (Å²) >= 11 is 0. The Bertz CT molecular complexity index is 915.